The second-order valence-corrected chi connectivity index (χ2v) is 10.1. The van der Waals surface area contributed by atoms with Gasteiger partial charge in [-0.25, -0.2) is 14.8 Å². The minimum Gasteiger partial charge on any atom is -0.467 e. The van der Waals surface area contributed by atoms with Gasteiger partial charge in [0.05, 0.1) is 20.0 Å². The van der Waals surface area contributed by atoms with E-state index in [2.05, 4.69) is 21.4 Å². The average Bonchev–Trinajstić information content (AvgIpc) is 3.65. The van der Waals surface area contributed by atoms with Crippen LogP contribution in [0.3, 0.4) is 0 Å². The van der Waals surface area contributed by atoms with Crippen molar-refractivity contribution in [3.63, 3.8) is 0 Å². The summed E-state index contributed by atoms with van der Waals surface area (Å²) in [6, 6.07) is 14.8. The second-order valence-electron chi connectivity index (χ2n) is 8.24. The molecule has 0 aliphatic heterocycles. The number of allylic oxidation sites excluding steroid dienone is 1. The van der Waals surface area contributed by atoms with Gasteiger partial charge in [0.25, 0.3) is 5.91 Å². The number of rotatable bonds is 11. The van der Waals surface area contributed by atoms with Crippen molar-refractivity contribution >= 4 is 46.6 Å². The molecule has 37 heavy (non-hydrogen) atoms. The highest BCUT2D eigenvalue weighted by Crippen LogP contribution is 2.28. The molecule has 2 heterocycles. The van der Waals surface area contributed by atoms with Crippen LogP contribution in [0.2, 0.25) is 0 Å². The zero-order valence-corrected chi connectivity index (χ0v) is 22.3. The first-order valence-electron chi connectivity index (χ1n) is 11.7. The van der Waals surface area contributed by atoms with Gasteiger partial charge in [-0.1, -0.05) is 36.4 Å². The van der Waals surface area contributed by atoms with Gasteiger partial charge >= 0.3 is 5.97 Å². The van der Waals surface area contributed by atoms with Crippen LogP contribution >= 0.6 is 23.1 Å². The molecule has 0 saturated carbocycles. The Morgan fingerprint density at radius 3 is 2.70 bits per heavy atom. The Bertz CT molecular complexity index is 1340. The fourth-order valence-electron chi connectivity index (χ4n) is 3.90. The number of esters is 1. The monoisotopic (exact) mass is 532 g/mol. The number of benzene rings is 2. The molecule has 0 unspecified atom stereocenters. The van der Waals surface area contributed by atoms with Crippen molar-refractivity contribution in [2.75, 3.05) is 19.1 Å². The SMILES string of the molecule is COC(=O)[C@H](CCSC)NC(=O)c1ccc(/C=C(/Cn2ccnc2)c2nccs2)cc1-c1ccccc1. The number of thioether (sulfide) groups is 1. The minimum atomic E-state index is -0.708. The molecule has 1 N–H and O–H groups in total. The van der Waals surface area contributed by atoms with Crippen LogP contribution < -0.4 is 5.32 Å². The predicted molar refractivity (Wildman–Crippen MR) is 150 cm³/mol. The Labute approximate surface area is 224 Å². The topological polar surface area (TPSA) is 86.1 Å². The van der Waals surface area contributed by atoms with Gasteiger partial charge in [0.1, 0.15) is 11.0 Å². The van der Waals surface area contributed by atoms with Gasteiger partial charge in [-0.2, -0.15) is 11.8 Å². The lowest BCUT2D eigenvalue weighted by Crippen LogP contribution is -2.42. The first kappa shape index (κ1) is 26.4. The third kappa shape index (κ3) is 6.96. The summed E-state index contributed by atoms with van der Waals surface area (Å²) in [5.41, 5.74) is 4.15. The summed E-state index contributed by atoms with van der Waals surface area (Å²) in [6.45, 7) is 0.618. The summed E-state index contributed by atoms with van der Waals surface area (Å²) in [4.78, 5) is 34.4. The molecule has 0 fully saturated rings. The van der Waals surface area contributed by atoms with E-state index in [4.69, 9.17) is 4.74 Å². The number of nitrogens with zero attached hydrogens (tertiary/aromatic N) is 3. The van der Waals surface area contributed by atoms with E-state index in [1.165, 1.54) is 7.11 Å². The Hall–Kier alpha value is -3.69. The number of carbonyl (C=O) groups excluding carboxylic acids is 2. The minimum absolute atomic E-state index is 0.315. The molecule has 4 rings (SSSR count). The third-order valence-corrected chi connectivity index (χ3v) is 7.23. The van der Waals surface area contributed by atoms with Crippen molar-refractivity contribution in [1.29, 1.82) is 0 Å². The van der Waals surface area contributed by atoms with Gasteiger partial charge in [-0.05, 0) is 53.3 Å². The van der Waals surface area contributed by atoms with E-state index >= 15 is 0 Å². The number of thiazole rings is 1. The zero-order chi connectivity index (χ0) is 26.0. The molecule has 0 saturated heterocycles. The van der Waals surface area contributed by atoms with Crippen LogP contribution in [0.25, 0.3) is 22.8 Å². The van der Waals surface area contributed by atoms with E-state index in [1.54, 1.807) is 41.8 Å². The molecule has 7 nitrogen and oxygen atoms in total. The standard InChI is InChI=1S/C28H28N4O3S2/c1-35-28(34)25(10-14-36-2)31-26(33)23-9-8-20(17-24(23)21-6-4-3-5-7-21)16-22(27-30-12-15-37-27)18-32-13-11-29-19-32/h3-9,11-13,15-17,19,25H,10,14,18H2,1-2H3,(H,31,33)/b22-16-/t25-/m0/s1. The van der Waals surface area contributed by atoms with Gasteiger partial charge in [-0.15, -0.1) is 11.3 Å². The molecule has 0 aliphatic carbocycles. The van der Waals surface area contributed by atoms with Crippen molar-refractivity contribution in [3.05, 3.63) is 95.0 Å². The number of methoxy groups -OCH3 is 1. The van der Waals surface area contributed by atoms with Crippen LogP contribution in [0, 0.1) is 0 Å². The molecule has 2 aromatic carbocycles. The normalized spacial score (nSPS) is 12.2. The van der Waals surface area contributed by atoms with Crippen molar-refractivity contribution in [2.24, 2.45) is 0 Å². The Balaban J connectivity index is 1.71. The van der Waals surface area contributed by atoms with Crippen LogP contribution in [-0.4, -0.2) is 51.6 Å². The first-order chi connectivity index (χ1) is 18.1. The summed E-state index contributed by atoms with van der Waals surface area (Å²) in [5, 5.41) is 5.76. The molecule has 2 aromatic heterocycles. The smallest absolute Gasteiger partial charge is 0.328 e. The highest BCUT2D eigenvalue weighted by molar-refractivity contribution is 7.98. The molecule has 0 spiro atoms. The van der Waals surface area contributed by atoms with Crippen LogP contribution in [0.15, 0.2) is 78.8 Å². The van der Waals surface area contributed by atoms with Crippen molar-refractivity contribution in [1.82, 2.24) is 19.9 Å². The average molecular weight is 533 g/mol. The Kier molecular flexibility index (Phi) is 9.29. The van der Waals surface area contributed by atoms with Crippen molar-refractivity contribution in [2.45, 2.75) is 19.0 Å². The summed E-state index contributed by atoms with van der Waals surface area (Å²) >= 11 is 3.19. The highest BCUT2D eigenvalue weighted by atomic mass is 32.2. The second kappa shape index (κ2) is 13.0. The van der Waals surface area contributed by atoms with Crippen LogP contribution in [0.1, 0.15) is 27.3 Å². The lowest BCUT2D eigenvalue weighted by molar-refractivity contribution is -0.142. The number of ether oxygens (including phenoxy) is 1. The van der Waals surface area contributed by atoms with Crippen LogP contribution in [0.4, 0.5) is 0 Å². The predicted octanol–water partition coefficient (Wildman–Crippen LogP) is 5.27. The number of nitrogens with one attached hydrogen (secondary N) is 1. The van der Waals surface area contributed by atoms with E-state index < -0.39 is 12.0 Å². The molecule has 190 valence electrons. The number of aromatic nitrogens is 3. The number of carbonyl (C=O) groups is 2. The molecule has 0 radical (unpaired) electrons. The fourth-order valence-corrected chi connectivity index (χ4v) is 5.02. The molecule has 0 bridgehead atoms. The van der Waals surface area contributed by atoms with Gasteiger partial charge in [0.15, 0.2) is 0 Å². The van der Waals surface area contributed by atoms with Crippen LogP contribution in [-0.2, 0) is 16.1 Å². The van der Waals surface area contributed by atoms with E-state index in [9.17, 15) is 9.59 Å². The number of hydrogen-bond donors (Lipinski definition) is 1. The van der Waals surface area contributed by atoms with Crippen molar-refractivity contribution in [3.8, 4) is 11.1 Å². The van der Waals surface area contributed by atoms with Gasteiger partial charge in [0, 0.05) is 35.1 Å². The zero-order valence-electron chi connectivity index (χ0n) is 20.7. The summed E-state index contributed by atoms with van der Waals surface area (Å²) < 4.78 is 6.91. The quantitative estimate of drug-likeness (QED) is 0.265. The van der Waals surface area contributed by atoms with E-state index in [-0.39, 0.29) is 5.91 Å². The molecule has 1 atom stereocenters. The maximum absolute atomic E-state index is 13.4. The number of amides is 1. The third-order valence-electron chi connectivity index (χ3n) is 5.73. The Morgan fingerprint density at radius 1 is 1.19 bits per heavy atom. The van der Waals surface area contributed by atoms with E-state index in [1.807, 2.05) is 70.9 Å². The Morgan fingerprint density at radius 2 is 2.03 bits per heavy atom. The summed E-state index contributed by atoms with van der Waals surface area (Å²) in [5.74, 6) is -0.0357. The van der Waals surface area contributed by atoms with E-state index in [0.29, 0.717) is 18.5 Å². The molecule has 1 amide bonds. The molecular formula is C28H28N4O3S2. The lowest BCUT2D eigenvalue weighted by Gasteiger charge is -2.18. The van der Waals surface area contributed by atoms with Gasteiger partial charge in [-0.3, -0.25) is 4.79 Å². The maximum atomic E-state index is 13.4. The van der Waals surface area contributed by atoms with E-state index in [0.717, 1.165) is 33.0 Å². The lowest BCUT2D eigenvalue weighted by atomic mass is 9.95. The molecule has 4 aromatic rings. The van der Waals surface area contributed by atoms with Gasteiger partial charge < -0.3 is 14.6 Å². The number of hydrogen-bond acceptors (Lipinski definition) is 7. The van der Waals surface area contributed by atoms with Crippen molar-refractivity contribution < 1.29 is 14.3 Å². The molecule has 0 aliphatic rings. The summed E-state index contributed by atoms with van der Waals surface area (Å²) in [6.07, 6.45) is 11.8. The fraction of sp³-hybridized carbons (Fsp3) is 0.214. The summed E-state index contributed by atoms with van der Waals surface area (Å²) in [7, 11) is 1.33. The maximum Gasteiger partial charge on any atom is 0.328 e. The van der Waals surface area contributed by atoms with Gasteiger partial charge in [0.2, 0.25) is 0 Å². The molecule has 9 heteroatoms. The van der Waals surface area contributed by atoms with Crippen LogP contribution in [0.5, 0.6) is 0 Å². The highest BCUT2D eigenvalue weighted by Gasteiger charge is 2.23. The number of imidazole rings is 1. The largest absolute Gasteiger partial charge is 0.467 e. The first-order valence-corrected chi connectivity index (χ1v) is 14.0. The molecular weight excluding hydrogens is 504 g/mol.